The van der Waals surface area contributed by atoms with E-state index in [2.05, 4.69) is 34.2 Å². The monoisotopic (exact) mass is 349 g/mol. The van der Waals surface area contributed by atoms with E-state index in [9.17, 15) is 4.39 Å². The molecule has 0 saturated heterocycles. The fourth-order valence-electron chi connectivity index (χ4n) is 2.86. The van der Waals surface area contributed by atoms with Crippen LogP contribution in [0.5, 0.6) is 5.75 Å². The molecule has 2 atom stereocenters. The van der Waals surface area contributed by atoms with Crippen LogP contribution in [0.15, 0.2) is 40.9 Å². The summed E-state index contributed by atoms with van der Waals surface area (Å²) < 4.78 is 20.2. The first-order valence-corrected chi connectivity index (χ1v) is 7.79. The number of ether oxygens (including phenoxy) is 1. The van der Waals surface area contributed by atoms with Gasteiger partial charge in [-0.25, -0.2) is 4.39 Å². The molecule has 1 N–H and O–H groups in total. The number of halogens is 2. The van der Waals surface area contributed by atoms with Crippen molar-refractivity contribution in [1.82, 2.24) is 5.32 Å². The van der Waals surface area contributed by atoms with E-state index in [1.165, 1.54) is 11.6 Å². The highest BCUT2D eigenvalue weighted by molar-refractivity contribution is 9.10. The highest BCUT2D eigenvalue weighted by Gasteiger charge is 2.22. The zero-order valence-electron chi connectivity index (χ0n) is 12.0. The number of benzene rings is 2. The maximum absolute atomic E-state index is 13.6. The molecule has 0 spiro atoms. The second-order valence-corrected chi connectivity index (χ2v) is 6.24. The van der Waals surface area contributed by atoms with Crippen molar-refractivity contribution in [3.63, 3.8) is 0 Å². The third-order valence-corrected chi connectivity index (χ3v) is 4.53. The van der Waals surface area contributed by atoms with Gasteiger partial charge < -0.3 is 10.1 Å². The summed E-state index contributed by atoms with van der Waals surface area (Å²) in [5.74, 6) is 0.728. The first-order valence-electron chi connectivity index (χ1n) is 7.00. The molecule has 0 fully saturated rings. The Kier molecular flexibility index (Phi) is 4.00. The Morgan fingerprint density at radius 3 is 2.86 bits per heavy atom. The van der Waals surface area contributed by atoms with Gasteiger partial charge in [-0.2, -0.15) is 0 Å². The van der Waals surface area contributed by atoms with E-state index in [4.69, 9.17) is 4.74 Å². The fraction of sp³-hybridized carbons (Fsp3) is 0.294. The van der Waals surface area contributed by atoms with Gasteiger partial charge in [0.25, 0.3) is 0 Å². The first-order chi connectivity index (χ1) is 10.1. The Balaban J connectivity index is 2.01. The summed E-state index contributed by atoms with van der Waals surface area (Å²) >= 11 is 3.51. The Labute approximate surface area is 132 Å². The molecular formula is C17H17BrFNO. The SMILES string of the molecule is CNC(c1ccc2c(c1)CC(C)O2)c1cc(F)ccc1Br. The summed E-state index contributed by atoms with van der Waals surface area (Å²) in [6, 6.07) is 10.9. The summed E-state index contributed by atoms with van der Waals surface area (Å²) in [5.41, 5.74) is 3.22. The van der Waals surface area contributed by atoms with Gasteiger partial charge in [0.05, 0.1) is 6.04 Å². The van der Waals surface area contributed by atoms with Crippen LogP contribution < -0.4 is 10.1 Å². The maximum Gasteiger partial charge on any atom is 0.123 e. The van der Waals surface area contributed by atoms with Gasteiger partial charge in [-0.15, -0.1) is 0 Å². The van der Waals surface area contributed by atoms with E-state index in [1.807, 2.05) is 19.2 Å². The summed E-state index contributed by atoms with van der Waals surface area (Å²) in [4.78, 5) is 0. The van der Waals surface area contributed by atoms with Crippen molar-refractivity contribution in [2.45, 2.75) is 25.5 Å². The lowest BCUT2D eigenvalue weighted by Crippen LogP contribution is -2.18. The van der Waals surface area contributed by atoms with Crippen molar-refractivity contribution < 1.29 is 9.13 Å². The highest BCUT2D eigenvalue weighted by atomic mass is 79.9. The molecule has 2 aromatic carbocycles. The van der Waals surface area contributed by atoms with Crippen molar-refractivity contribution in [2.24, 2.45) is 0 Å². The molecule has 0 amide bonds. The first kappa shape index (κ1) is 14.5. The van der Waals surface area contributed by atoms with E-state index < -0.39 is 0 Å². The van der Waals surface area contributed by atoms with Crippen LogP contribution in [0.2, 0.25) is 0 Å². The maximum atomic E-state index is 13.6. The quantitative estimate of drug-likeness (QED) is 0.895. The highest BCUT2D eigenvalue weighted by Crippen LogP contribution is 2.34. The van der Waals surface area contributed by atoms with Crippen LogP contribution in [0.3, 0.4) is 0 Å². The zero-order chi connectivity index (χ0) is 15.0. The van der Waals surface area contributed by atoms with E-state index in [0.717, 1.165) is 27.8 Å². The molecule has 4 heteroatoms. The molecule has 3 rings (SSSR count). The standard InChI is InChI=1S/C17H17BrFNO/c1-10-7-12-8-11(3-6-16(12)21-10)17(20-2)14-9-13(19)4-5-15(14)18/h3-6,8-10,17,20H,7H2,1-2H3. The zero-order valence-corrected chi connectivity index (χ0v) is 13.6. The molecule has 21 heavy (non-hydrogen) atoms. The predicted molar refractivity (Wildman–Crippen MR) is 85.2 cm³/mol. The summed E-state index contributed by atoms with van der Waals surface area (Å²) in [6.07, 6.45) is 1.15. The smallest absolute Gasteiger partial charge is 0.123 e. The number of nitrogens with one attached hydrogen (secondary N) is 1. The van der Waals surface area contributed by atoms with Crippen LogP contribution in [0, 0.1) is 5.82 Å². The van der Waals surface area contributed by atoms with Crippen molar-refractivity contribution in [3.05, 3.63) is 63.4 Å². The second kappa shape index (κ2) is 5.78. The van der Waals surface area contributed by atoms with Crippen molar-refractivity contribution in [3.8, 4) is 5.75 Å². The van der Waals surface area contributed by atoms with Crippen LogP contribution in [0.4, 0.5) is 4.39 Å². The van der Waals surface area contributed by atoms with E-state index >= 15 is 0 Å². The van der Waals surface area contributed by atoms with E-state index in [-0.39, 0.29) is 18.0 Å². The third-order valence-electron chi connectivity index (χ3n) is 3.81. The Bertz CT molecular complexity index is 674. The Hall–Kier alpha value is -1.39. The molecular weight excluding hydrogens is 333 g/mol. The fourth-order valence-corrected chi connectivity index (χ4v) is 3.33. The van der Waals surface area contributed by atoms with Crippen molar-refractivity contribution in [1.29, 1.82) is 0 Å². The molecule has 0 saturated carbocycles. The molecule has 0 aliphatic carbocycles. The van der Waals surface area contributed by atoms with Gasteiger partial charge >= 0.3 is 0 Å². The van der Waals surface area contributed by atoms with E-state index in [0.29, 0.717) is 0 Å². The van der Waals surface area contributed by atoms with Gasteiger partial charge in [0.2, 0.25) is 0 Å². The third kappa shape index (κ3) is 2.83. The molecule has 110 valence electrons. The van der Waals surface area contributed by atoms with Crippen LogP contribution >= 0.6 is 15.9 Å². The van der Waals surface area contributed by atoms with Gasteiger partial charge in [0.1, 0.15) is 17.7 Å². The summed E-state index contributed by atoms with van der Waals surface area (Å²) in [6.45, 7) is 2.07. The van der Waals surface area contributed by atoms with Gasteiger partial charge in [-0.3, -0.25) is 0 Å². The largest absolute Gasteiger partial charge is 0.490 e. The predicted octanol–water partition coefficient (Wildman–Crippen LogP) is 4.22. The average molecular weight is 350 g/mol. The molecule has 0 bridgehead atoms. The van der Waals surface area contributed by atoms with Gasteiger partial charge in [-0.05, 0) is 54.9 Å². The molecule has 1 heterocycles. The average Bonchev–Trinajstić information content (AvgIpc) is 2.83. The Morgan fingerprint density at radius 2 is 2.10 bits per heavy atom. The molecule has 0 radical (unpaired) electrons. The molecule has 2 unspecified atom stereocenters. The minimum Gasteiger partial charge on any atom is -0.490 e. The topological polar surface area (TPSA) is 21.3 Å². The van der Waals surface area contributed by atoms with Crippen LogP contribution in [-0.2, 0) is 6.42 Å². The number of hydrogen-bond donors (Lipinski definition) is 1. The lowest BCUT2D eigenvalue weighted by Gasteiger charge is -2.19. The van der Waals surface area contributed by atoms with Gasteiger partial charge in [0.15, 0.2) is 0 Å². The minimum atomic E-state index is -0.230. The second-order valence-electron chi connectivity index (χ2n) is 5.39. The lowest BCUT2D eigenvalue weighted by atomic mass is 9.96. The van der Waals surface area contributed by atoms with E-state index in [1.54, 1.807) is 12.1 Å². The van der Waals surface area contributed by atoms with Gasteiger partial charge in [0, 0.05) is 10.9 Å². The summed E-state index contributed by atoms with van der Waals surface area (Å²) in [5, 5.41) is 3.27. The molecule has 1 aliphatic heterocycles. The number of hydrogen-bond acceptors (Lipinski definition) is 2. The molecule has 1 aliphatic rings. The van der Waals surface area contributed by atoms with Crippen LogP contribution in [0.25, 0.3) is 0 Å². The summed E-state index contributed by atoms with van der Waals surface area (Å²) in [7, 11) is 1.88. The van der Waals surface area contributed by atoms with Crippen LogP contribution in [-0.4, -0.2) is 13.2 Å². The van der Waals surface area contributed by atoms with Crippen LogP contribution in [0.1, 0.15) is 29.7 Å². The lowest BCUT2D eigenvalue weighted by molar-refractivity contribution is 0.254. The molecule has 0 aromatic heterocycles. The number of fused-ring (bicyclic) bond motifs is 1. The van der Waals surface area contributed by atoms with Gasteiger partial charge in [-0.1, -0.05) is 28.1 Å². The molecule has 2 aromatic rings. The van der Waals surface area contributed by atoms with Crippen molar-refractivity contribution in [2.75, 3.05) is 7.05 Å². The Morgan fingerprint density at radius 1 is 1.29 bits per heavy atom. The number of rotatable bonds is 3. The minimum absolute atomic E-state index is 0.0590. The normalized spacial score (nSPS) is 18.2. The van der Waals surface area contributed by atoms with Crippen molar-refractivity contribution >= 4 is 15.9 Å². The molecule has 2 nitrogen and oxygen atoms in total.